The van der Waals surface area contributed by atoms with E-state index in [0.29, 0.717) is 0 Å². The maximum absolute atomic E-state index is 2.32. The summed E-state index contributed by atoms with van der Waals surface area (Å²) >= 11 is 0. The van der Waals surface area contributed by atoms with Crippen molar-refractivity contribution in [2.45, 2.75) is 65.2 Å². The van der Waals surface area contributed by atoms with E-state index in [4.69, 9.17) is 0 Å². The third-order valence-corrected chi connectivity index (χ3v) is 3.33. The topological polar surface area (TPSA) is 4.44 Å². The Morgan fingerprint density at radius 1 is 0.941 bits per heavy atom. The fraction of sp³-hybridized carbons (Fsp3) is 0.733. The first-order valence-electron chi connectivity index (χ1n) is 7.12. The van der Waals surface area contributed by atoms with E-state index < -0.39 is 0 Å². The van der Waals surface area contributed by atoms with Gasteiger partial charge in [0.15, 0.2) is 0 Å². The van der Waals surface area contributed by atoms with Crippen LogP contribution in [0.1, 0.15) is 65.2 Å². The van der Waals surface area contributed by atoms with Crippen molar-refractivity contribution < 1.29 is 17.3 Å². The molecule has 1 nitrogen and oxygen atoms in total. The predicted molar refractivity (Wildman–Crippen MR) is 71.3 cm³/mol. The number of allylic oxidation sites excluding steroid dienone is 3. The van der Waals surface area contributed by atoms with Gasteiger partial charge in [-0.2, -0.15) is 0 Å². The van der Waals surface area contributed by atoms with Crippen LogP contribution in [0.5, 0.6) is 0 Å². The SMILES string of the molecule is CCCCCCCC[NH+]1C=CC=C1CCC.[Cl-]. The van der Waals surface area contributed by atoms with Gasteiger partial charge in [0.1, 0.15) is 5.70 Å². The zero-order valence-electron chi connectivity index (χ0n) is 11.5. The van der Waals surface area contributed by atoms with Crippen molar-refractivity contribution in [2.75, 3.05) is 6.54 Å². The first-order valence-corrected chi connectivity index (χ1v) is 7.12. The Morgan fingerprint density at radius 3 is 2.35 bits per heavy atom. The van der Waals surface area contributed by atoms with Gasteiger partial charge in [-0.15, -0.1) is 0 Å². The first kappa shape index (κ1) is 16.7. The van der Waals surface area contributed by atoms with Gasteiger partial charge in [-0.1, -0.05) is 39.5 Å². The highest BCUT2D eigenvalue weighted by molar-refractivity contribution is 5.10. The van der Waals surface area contributed by atoms with Gasteiger partial charge in [0.25, 0.3) is 0 Å². The van der Waals surface area contributed by atoms with Crippen LogP contribution in [0, 0.1) is 0 Å². The zero-order valence-corrected chi connectivity index (χ0v) is 12.2. The van der Waals surface area contributed by atoms with Crippen LogP contribution < -0.4 is 17.3 Å². The lowest BCUT2D eigenvalue weighted by molar-refractivity contribution is -0.804. The van der Waals surface area contributed by atoms with Gasteiger partial charge < -0.3 is 12.4 Å². The van der Waals surface area contributed by atoms with E-state index in [1.807, 2.05) is 0 Å². The number of unbranched alkanes of at least 4 members (excludes halogenated alkanes) is 5. The standard InChI is InChI=1S/C15H27N.ClH/c1-3-5-6-7-8-9-13-16-14-10-12-15(16)11-4-2;/h10,12,14H,3-9,11,13H2,1-2H3;1H. The van der Waals surface area contributed by atoms with Crippen LogP contribution in [0.2, 0.25) is 0 Å². The van der Waals surface area contributed by atoms with Crippen molar-refractivity contribution in [2.24, 2.45) is 0 Å². The third kappa shape index (κ3) is 6.90. The van der Waals surface area contributed by atoms with Crippen LogP contribution >= 0.6 is 0 Å². The van der Waals surface area contributed by atoms with Crippen LogP contribution in [0.15, 0.2) is 24.0 Å². The fourth-order valence-electron chi connectivity index (χ4n) is 2.35. The average molecular weight is 258 g/mol. The molecule has 0 saturated heterocycles. The Bertz CT molecular complexity index is 233. The first-order chi connectivity index (χ1) is 7.88. The molecular formula is C15H28ClN. The van der Waals surface area contributed by atoms with E-state index in [2.05, 4.69) is 32.2 Å². The van der Waals surface area contributed by atoms with E-state index >= 15 is 0 Å². The number of hydrogen-bond acceptors (Lipinski definition) is 0. The fourth-order valence-corrected chi connectivity index (χ4v) is 2.35. The highest BCUT2D eigenvalue weighted by Gasteiger charge is 2.14. The molecule has 0 radical (unpaired) electrons. The van der Waals surface area contributed by atoms with E-state index in [-0.39, 0.29) is 12.4 Å². The monoisotopic (exact) mass is 257 g/mol. The summed E-state index contributed by atoms with van der Waals surface area (Å²) in [7, 11) is 0. The van der Waals surface area contributed by atoms with Gasteiger partial charge in [-0.25, -0.2) is 0 Å². The summed E-state index contributed by atoms with van der Waals surface area (Å²) in [5.74, 6) is 0. The third-order valence-electron chi connectivity index (χ3n) is 3.33. The second kappa shape index (κ2) is 10.9. The van der Waals surface area contributed by atoms with Crippen molar-refractivity contribution in [1.82, 2.24) is 0 Å². The molecule has 0 aliphatic carbocycles. The molecule has 2 heteroatoms. The van der Waals surface area contributed by atoms with E-state index in [1.165, 1.54) is 57.9 Å². The van der Waals surface area contributed by atoms with Crippen molar-refractivity contribution in [3.05, 3.63) is 24.0 Å². The Labute approximate surface area is 113 Å². The highest BCUT2D eigenvalue weighted by atomic mass is 35.5. The van der Waals surface area contributed by atoms with Crippen molar-refractivity contribution in [3.8, 4) is 0 Å². The largest absolute Gasteiger partial charge is 1.00 e. The number of rotatable bonds is 9. The number of quaternary nitrogens is 1. The minimum absolute atomic E-state index is 0. The minimum Gasteiger partial charge on any atom is -1.00 e. The van der Waals surface area contributed by atoms with Gasteiger partial charge in [0.2, 0.25) is 0 Å². The Kier molecular flexibility index (Phi) is 10.7. The molecule has 0 spiro atoms. The van der Waals surface area contributed by atoms with Crippen molar-refractivity contribution >= 4 is 0 Å². The lowest BCUT2D eigenvalue weighted by atomic mass is 10.1. The molecular weight excluding hydrogens is 230 g/mol. The molecule has 1 N–H and O–H groups in total. The summed E-state index contributed by atoms with van der Waals surface area (Å²) in [6, 6.07) is 0. The summed E-state index contributed by atoms with van der Waals surface area (Å²) < 4.78 is 0. The molecule has 0 aromatic carbocycles. The van der Waals surface area contributed by atoms with Crippen molar-refractivity contribution in [3.63, 3.8) is 0 Å². The maximum Gasteiger partial charge on any atom is 0.112 e. The Morgan fingerprint density at radius 2 is 1.65 bits per heavy atom. The average Bonchev–Trinajstić information content (AvgIpc) is 2.72. The molecule has 1 unspecified atom stereocenters. The zero-order chi connectivity index (χ0) is 11.6. The van der Waals surface area contributed by atoms with Crippen LogP contribution in [0.3, 0.4) is 0 Å². The molecule has 100 valence electrons. The quantitative estimate of drug-likeness (QED) is 0.572. The van der Waals surface area contributed by atoms with Gasteiger partial charge in [-0.3, -0.25) is 4.90 Å². The van der Waals surface area contributed by atoms with Crippen molar-refractivity contribution in [1.29, 1.82) is 0 Å². The number of nitrogens with one attached hydrogen (secondary N) is 1. The number of halogens is 1. The summed E-state index contributed by atoms with van der Waals surface area (Å²) in [4.78, 5) is 1.61. The molecule has 1 atom stereocenters. The second-order valence-corrected chi connectivity index (χ2v) is 4.84. The minimum atomic E-state index is 0. The molecule has 1 rings (SSSR count). The molecule has 1 aliphatic rings. The van der Waals surface area contributed by atoms with Gasteiger partial charge >= 0.3 is 0 Å². The summed E-state index contributed by atoms with van der Waals surface area (Å²) in [5, 5.41) is 0. The predicted octanol–water partition coefficient (Wildman–Crippen LogP) is 0.447. The lowest BCUT2D eigenvalue weighted by Gasteiger charge is -2.13. The number of hydrogen-bond donors (Lipinski definition) is 1. The normalized spacial score (nSPS) is 18.0. The smallest absolute Gasteiger partial charge is 0.112 e. The van der Waals surface area contributed by atoms with E-state index in [1.54, 1.807) is 10.6 Å². The molecule has 0 bridgehead atoms. The Hall–Kier alpha value is -0.270. The Balaban J connectivity index is 0.00000256. The molecule has 0 fully saturated rings. The van der Waals surface area contributed by atoms with Gasteiger partial charge in [0.05, 0.1) is 12.7 Å². The van der Waals surface area contributed by atoms with Gasteiger partial charge in [0, 0.05) is 12.5 Å². The molecule has 1 heterocycles. The molecule has 0 aromatic rings. The van der Waals surface area contributed by atoms with Crippen LogP contribution in [-0.4, -0.2) is 6.54 Å². The summed E-state index contributed by atoms with van der Waals surface area (Å²) in [6.45, 7) is 5.84. The summed E-state index contributed by atoms with van der Waals surface area (Å²) in [6.07, 6.45) is 17.8. The lowest BCUT2D eigenvalue weighted by Crippen LogP contribution is -3.04. The molecule has 0 aromatic heterocycles. The van der Waals surface area contributed by atoms with E-state index in [9.17, 15) is 0 Å². The molecule has 1 aliphatic heterocycles. The molecule has 0 amide bonds. The molecule has 0 saturated carbocycles. The van der Waals surface area contributed by atoms with Crippen LogP contribution in [-0.2, 0) is 0 Å². The van der Waals surface area contributed by atoms with Crippen LogP contribution in [0.4, 0.5) is 0 Å². The second-order valence-electron chi connectivity index (χ2n) is 4.84. The van der Waals surface area contributed by atoms with E-state index in [0.717, 1.165) is 0 Å². The summed E-state index contributed by atoms with van der Waals surface area (Å²) in [5.41, 5.74) is 1.59. The van der Waals surface area contributed by atoms with Gasteiger partial charge in [-0.05, 0) is 25.3 Å². The maximum atomic E-state index is 2.32. The molecule has 17 heavy (non-hydrogen) atoms. The van der Waals surface area contributed by atoms with Crippen LogP contribution in [0.25, 0.3) is 0 Å². The highest BCUT2D eigenvalue weighted by Crippen LogP contribution is 2.05.